The van der Waals surface area contributed by atoms with E-state index >= 15 is 0 Å². The Kier molecular flexibility index (Phi) is 2.21. The molecule has 1 aromatic carbocycles. The molecule has 0 bridgehead atoms. The number of nitroso groups, excluding NO2 is 1. The number of nitrogen functional groups attached to an aromatic ring is 1. The number of hydrogen-bond donors (Lipinski definition) is 1. The highest BCUT2D eigenvalue weighted by molar-refractivity contribution is 14.1. The van der Waals surface area contributed by atoms with E-state index in [0.717, 1.165) is 3.57 Å². The quantitative estimate of drug-likeness (QED) is 0.470. The summed E-state index contributed by atoms with van der Waals surface area (Å²) in [4.78, 5) is 10.0. The summed E-state index contributed by atoms with van der Waals surface area (Å²) in [5, 5.41) is 2.73. The average Bonchev–Trinajstić information content (AvgIpc) is 1.88. The molecule has 2 N–H and O–H groups in total. The summed E-state index contributed by atoms with van der Waals surface area (Å²) in [6.07, 6.45) is 0. The molecule has 1 rings (SSSR count). The first-order valence-electron chi connectivity index (χ1n) is 2.62. The molecule has 0 heterocycles. The van der Waals surface area contributed by atoms with Gasteiger partial charge in [-0.25, -0.2) is 0 Å². The number of nitrogens with two attached hydrogens (primary N) is 1. The molecule has 0 aliphatic rings. The van der Waals surface area contributed by atoms with Crippen LogP contribution < -0.4 is 5.73 Å². The zero-order chi connectivity index (χ0) is 7.56. The third-order valence-corrected chi connectivity index (χ3v) is 1.76. The lowest BCUT2D eigenvalue weighted by Crippen LogP contribution is -1.84. The normalized spacial score (nSPS) is 9.30. The van der Waals surface area contributed by atoms with E-state index in [0.29, 0.717) is 11.4 Å². The Balaban J connectivity index is 3.19. The summed E-state index contributed by atoms with van der Waals surface area (Å²) in [6, 6.07) is 5.09. The van der Waals surface area contributed by atoms with Crippen LogP contribution in [0.3, 0.4) is 0 Å². The molecule has 0 saturated heterocycles. The molecular formula is C6H5IN2O. The minimum absolute atomic E-state index is 0.306. The first-order chi connectivity index (χ1) is 4.74. The van der Waals surface area contributed by atoms with E-state index in [4.69, 9.17) is 5.73 Å². The zero-order valence-electron chi connectivity index (χ0n) is 5.04. The number of hydrogen-bond acceptors (Lipinski definition) is 3. The van der Waals surface area contributed by atoms with E-state index in [2.05, 4.69) is 27.8 Å². The molecule has 10 heavy (non-hydrogen) atoms. The highest BCUT2D eigenvalue weighted by atomic mass is 127. The zero-order valence-corrected chi connectivity index (χ0v) is 7.20. The maximum Gasteiger partial charge on any atom is 0.130 e. The molecular weight excluding hydrogens is 243 g/mol. The number of nitrogens with zero attached hydrogens (tertiary/aromatic N) is 1. The Morgan fingerprint density at radius 2 is 2.20 bits per heavy atom. The summed E-state index contributed by atoms with van der Waals surface area (Å²) in [7, 11) is 0. The van der Waals surface area contributed by atoms with Crippen LogP contribution in [0.15, 0.2) is 23.4 Å². The highest BCUT2D eigenvalue weighted by Gasteiger charge is 1.96. The van der Waals surface area contributed by atoms with Crippen molar-refractivity contribution >= 4 is 34.0 Å². The predicted octanol–water partition coefficient (Wildman–Crippen LogP) is 2.27. The van der Waals surface area contributed by atoms with E-state index in [1.807, 2.05) is 0 Å². The SMILES string of the molecule is Nc1cc(I)ccc1N=O. The van der Waals surface area contributed by atoms with Crippen LogP contribution in [-0.2, 0) is 0 Å². The van der Waals surface area contributed by atoms with Crippen molar-refractivity contribution in [2.24, 2.45) is 5.18 Å². The molecule has 0 fully saturated rings. The van der Waals surface area contributed by atoms with Gasteiger partial charge in [-0.05, 0) is 46.0 Å². The van der Waals surface area contributed by atoms with Gasteiger partial charge < -0.3 is 5.73 Å². The first kappa shape index (κ1) is 7.46. The Bertz CT molecular complexity index is 262. The van der Waals surface area contributed by atoms with Gasteiger partial charge >= 0.3 is 0 Å². The van der Waals surface area contributed by atoms with E-state index in [1.165, 1.54) is 0 Å². The van der Waals surface area contributed by atoms with Crippen molar-refractivity contribution in [3.8, 4) is 0 Å². The molecule has 0 aromatic heterocycles. The summed E-state index contributed by atoms with van der Waals surface area (Å²) < 4.78 is 1.00. The van der Waals surface area contributed by atoms with Crippen molar-refractivity contribution in [3.05, 3.63) is 26.7 Å². The van der Waals surface area contributed by atoms with E-state index in [9.17, 15) is 4.91 Å². The predicted molar refractivity (Wildman–Crippen MR) is 49.0 cm³/mol. The van der Waals surface area contributed by atoms with Crippen molar-refractivity contribution in [1.29, 1.82) is 0 Å². The molecule has 52 valence electrons. The molecule has 1 aromatic rings. The van der Waals surface area contributed by atoms with Crippen LogP contribution in [0.5, 0.6) is 0 Å². The molecule has 0 amide bonds. The topological polar surface area (TPSA) is 55.4 Å². The van der Waals surface area contributed by atoms with Crippen LogP contribution in [0.2, 0.25) is 0 Å². The van der Waals surface area contributed by atoms with Gasteiger partial charge in [0.25, 0.3) is 0 Å². The van der Waals surface area contributed by atoms with Crippen molar-refractivity contribution in [2.45, 2.75) is 0 Å². The number of rotatable bonds is 1. The van der Waals surface area contributed by atoms with Crippen molar-refractivity contribution < 1.29 is 0 Å². The van der Waals surface area contributed by atoms with Crippen LogP contribution in [0.1, 0.15) is 0 Å². The van der Waals surface area contributed by atoms with Crippen molar-refractivity contribution in [3.63, 3.8) is 0 Å². The monoisotopic (exact) mass is 248 g/mol. The lowest BCUT2D eigenvalue weighted by Gasteiger charge is -1.95. The van der Waals surface area contributed by atoms with Gasteiger partial charge in [0.2, 0.25) is 0 Å². The second-order valence-corrected chi connectivity index (χ2v) is 3.04. The van der Waals surface area contributed by atoms with Gasteiger partial charge in [-0.2, -0.15) is 0 Å². The molecule has 4 heteroatoms. The fourth-order valence-electron chi connectivity index (χ4n) is 0.609. The maximum absolute atomic E-state index is 10.0. The Labute approximate surface area is 71.7 Å². The standard InChI is InChI=1S/C6H5IN2O/c7-4-1-2-6(9-10)5(8)3-4/h1-3H,8H2. The van der Waals surface area contributed by atoms with E-state index in [-0.39, 0.29) is 0 Å². The second-order valence-electron chi connectivity index (χ2n) is 1.79. The van der Waals surface area contributed by atoms with Gasteiger partial charge in [0.05, 0.1) is 5.69 Å². The molecule has 0 atom stereocenters. The van der Waals surface area contributed by atoms with E-state index in [1.54, 1.807) is 18.2 Å². The molecule has 0 radical (unpaired) electrons. The minimum Gasteiger partial charge on any atom is -0.397 e. The average molecular weight is 248 g/mol. The van der Waals surface area contributed by atoms with E-state index < -0.39 is 0 Å². The van der Waals surface area contributed by atoms with Crippen molar-refractivity contribution in [2.75, 3.05) is 5.73 Å². The van der Waals surface area contributed by atoms with Gasteiger partial charge in [0, 0.05) is 3.57 Å². The Morgan fingerprint density at radius 1 is 1.50 bits per heavy atom. The summed E-state index contributed by atoms with van der Waals surface area (Å²) in [5.74, 6) is 0. The lowest BCUT2D eigenvalue weighted by molar-refractivity contribution is 1.48. The second kappa shape index (κ2) is 2.96. The maximum atomic E-state index is 10.0. The molecule has 0 aliphatic heterocycles. The van der Waals surface area contributed by atoms with Gasteiger partial charge in [-0.15, -0.1) is 4.91 Å². The number of halogens is 1. The molecule has 0 saturated carbocycles. The summed E-state index contributed by atoms with van der Waals surface area (Å²) >= 11 is 2.11. The summed E-state index contributed by atoms with van der Waals surface area (Å²) in [5.41, 5.74) is 6.17. The smallest absolute Gasteiger partial charge is 0.130 e. The fraction of sp³-hybridized carbons (Fsp3) is 0. The fourth-order valence-corrected chi connectivity index (χ4v) is 1.12. The van der Waals surface area contributed by atoms with Crippen LogP contribution in [-0.4, -0.2) is 0 Å². The molecule has 0 spiro atoms. The first-order valence-corrected chi connectivity index (χ1v) is 3.70. The van der Waals surface area contributed by atoms with Gasteiger partial charge in [0.1, 0.15) is 5.69 Å². The largest absolute Gasteiger partial charge is 0.397 e. The summed E-state index contributed by atoms with van der Waals surface area (Å²) in [6.45, 7) is 0. The van der Waals surface area contributed by atoms with Crippen LogP contribution in [0, 0.1) is 8.48 Å². The van der Waals surface area contributed by atoms with Gasteiger partial charge in [-0.3, -0.25) is 0 Å². The van der Waals surface area contributed by atoms with Crippen molar-refractivity contribution in [1.82, 2.24) is 0 Å². The third-order valence-electron chi connectivity index (χ3n) is 1.09. The number of benzene rings is 1. The van der Waals surface area contributed by atoms with Crippen LogP contribution >= 0.6 is 22.6 Å². The van der Waals surface area contributed by atoms with Crippen LogP contribution in [0.25, 0.3) is 0 Å². The molecule has 0 aliphatic carbocycles. The Hall–Kier alpha value is -0.650. The Morgan fingerprint density at radius 3 is 2.70 bits per heavy atom. The van der Waals surface area contributed by atoms with Gasteiger partial charge in [0.15, 0.2) is 0 Å². The molecule has 3 nitrogen and oxygen atoms in total. The third kappa shape index (κ3) is 1.44. The minimum atomic E-state index is 0.306. The van der Waals surface area contributed by atoms with Gasteiger partial charge in [-0.1, -0.05) is 0 Å². The number of anilines is 1. The highest BCUT2D eigenvalue weighted by Crippen LogP contribution is 2.22. The lowest BCUT2D eigenvalue weighted by atomic mass is 10.3. The van der Waals surface area contributed by atoms with Crippen LogP contribution in [0.4, 0.5) is 11.4 Å². The molecule has 0 unspecified atom stereocenters.